The monoisotopic (exact) mass is 303 g/mol. The molecule has 2 rings (SSSR count). The minimum absolute atomic E-state index is 0.0189. The topological polar surface area (TPSA) is 29.1 Å². The third-order valence-electron chi connectivity index (χ3n) is 4.04. The van der Waals surface area contributed by atoms with Crippen LogP contribution in [0.15, 0.2) is 6.07 Å². The maximum Gasteiger partial charge on any atom is 0.235 e. The van der Waals surface area contributed by atoms with Gasteiger partial charge in [0.15, 0.2) is 5.82 Å². The molecule has 104 valence electrons. The van der Waals surface area contributed by atoms with Crippen LogP contribution >= 0.6 is 23.2 Å². The van der Waals surface area contributed by atoms with Crippen LogP contribution in [-0.2, 0) is 10.2 Å². The zero-order valence-corrected chi connectivity index (χ0v) is 12.8. The summed E-state index contributed by atoms with van der Waals surface area (Å²) in [4.78, 5) is 12.4. The molecule has 1 amide bonds. The Morgan fingerprint density at radius 2 is 1.74 bits per heavy atom. The summed E-state index contributed by atoms with van der Waals surface area (Å²) < 4.78 is 14.2. The summed E-state index contributed by atoms with van der Waals surface area (Å²) in [6, 6.07) is 1.61. The molecular formula is C14H16Cl2FNO. The smallest absolute Gasteiger partial charge is 0.235 e. The second kappa shape index (κ2) is 4.64. The van der Waals surface area contributed by atoms with E-state index in [0.717, 1.165) is 0 Å². The number of halogens is 3. The first-order chi connectivity index (χ1) is 8.74. The lowest BCUT2D eigenvalue weighted by Crippen LogP contribution is -2.44. The molecule has 0 radical (unpaired) electrons. The predicted molar refractivity (Wildman–Crippen MR) is 76.4 cm³/mol. The van der Waals surface area contributed by atoms with E-state index in [9.17, 15) is 9.18 Å². The molecule has 0 atom stereocenters. The second-order valence-corrected chi connectivity index (χ2v) is 6.33. The normalized spacial score (nSPS) is 17.0. The summed E-state index contributed by atoms with van der Waals surface area (Å²) in [5, 5.41) is 2.62. The lowest BCUT2D eigenvalue weighted by molar-refractivity contribution is -0.124. The van der Waals surface area contributed by atoms with Crippen LogP contribution < -0.4 is 5.32 Å². The zero-order chi connectivity index (χ0) is 14.5. The van der Waals surface area contributed by atoms with E-state index in [1.165, 1.54) is 0 Å². The SMILES string of the molecule is CC(C)C1(C(C)C)C(=O)Nc2c1cc(Cl)c(Cl)c2F. The summed E-state index contributed by atoms with van der Waals surface area (Å²) >= 11 is 11.8. The van der Waals surface area contributed by atoms with E-state index < -0.39 is 11.2 Å². The van der Waals surface area contributed by atoms with Gasteiger partial charge >= 0.3 is 0 Å². The molecule has 0 fully saturated rings. The van der Waals surface area contributed by atoms with Gasteiger partial charge in [-0.05, 0) is 23.5 Å². The molecule has 19 heavy (non-hydrogen) atoms. The molecule has 1 aromatic rings. The van der Waals surface area contributed by atoms with Gasteiger partial charge < -0.3 is 5.32 Å². The number of anilines is 1. The van der Waals surface area contributed by atoms with Crippen LogP contribution in [-0.4, -0.2) is 5.91 Å². The molecule has 1 aromatic carbocycles. The van der Waals surface area contributed by atoms with Gasteiger partial charge in [-0.3, -0.25) is 4.79 Å². The van der Waals surface area contributed by atoms with E-state index in [4.69, 9.17) is 23.2 Å². The highest BCUT2D eigenvalue weighted by atomic mass is 35.5. The first-order valence-electron chi connectivity index (χ1n) is 6.24. The summed E-state index contributed by atoms with van der Waals surface area (Å²) in [6.07, 6.45) is 0. The number of rotatable bonds is 2. The van der Waals surface area contributed by atoms with Gasteiger partial charge in [0, 0.05) is 0 Å². The number of fused-ring (bicyclic) bond motifs is 1. The van der Waals surface area contributed by atoms with Gasteiger partial charge in [0.1, 0.15) is 0 Å². The standard InChI is InChI=1S/C14H16Cl2FNO/c1-6(2)14(7(3)4)8-5-9(15)10(16)11(17)12(8)18-13(14)19/h5-7H,1-4H3,(H,18,19). The van der Waals surface area contributed by atoms with Crippen LogP contribution in [0.25, 0.3) is 0 Å². The van der Waals surface area contributed by atoms with E-state index in [2.05, 4.69) is 5.32 Å². The number of amides is 1. The molecule has 0 unspecified atom stereocenters. The van der Waals surface area contributed by atoms with Crippen molar-refractivity contribution in [1.82, 2.24) is 0 Å². The molecule has 0 bridgehead atoms. The van der Waals surface area contributed by atoms with Crippen molar-refractivity contribution in [3.05, 3.63) is 27.5 Å². The molecule has 0 aliphatic carbocycles. The first kappa shape index (κ1) is 14.6. The van der Waals surface area contributed by atoms with Gasteiger partial charge in [0.2, 0.25) is 5.91 Å². The zero-order valence-electron chi connectivity index (χ0n) is 11.3. The average molecular weight is 304 g/mol. The van der Waals surface area contributed by atoms with Crippen molar-refractivity contribution in [3.63, 3.8) is 0 Å². The maximum absolute atomic E-state index is 14.2. The fourth-order valence-electron chi connectivity index (χ4n) is 3.20. The third-order valence-corrected chi connectivity index (χ3v) is 4.81. The Kier molecular flexibility index (Phi) is 3.56. The van der Waals surface area contributed by atoms with Crippen molar-refractivity contribution in [1.29, 1.82) is 0 Å². The number of nitrogens with one attached hydrogen (secondary N) is 1. The van der Waals surface area contributed by atoms with Gasteiger partial charge in [-0.2, -0.15) is 0 Å². The van der Waals surface area contributed by atoms with Crippen LogP contribution in [0.1, 0.15) is 33.3 Å². The van der Waals surface area contributed by atoms with Gasteiger partial charge in [0.05, 0.1) is 21.1 Å². The lowest BCUT2D eigenvalue weighted by Gasteiger charge is -2.35. The largest absolute Gasteiger partial charge is 0.322 e. The van der Waals surface area contributed by atoms with Gasteiger partial charge in [0.25, 0.3) is 0 Å². The number of carbonyl (C=O) groups is 1. The van der Waals surface area contributed by atoms with Crippen molar-refractivity contribution in [2.45, 2.75) is 33.1 Å². The number of carbonyl (C=O) groups excluding carboxylic acids is 1. The molecule has 1 aliphatic rings. The fourth-order valence-corrected chi connectivity index (χ4v) is 3.54. The molecule has 1 N–H and O–H groups in total. The number of hydrogen-bond acceptors (Lipinski definition) is 1. The minimum atomic E-state index is -0.773. The van der Waals surface area contributed by atoms with Crippen LogP contribution in [0.2, 0.25) is 10.0 Å². The van der Waals surface area contributed by atoms with Crippen molar-refractivity contribution < 1.29 is 9.18 Å². The maximum atomic E-state index is 14.2. The molecule has 0 saturated carbocycles. The summed E-state index contributed by atoms with van der Waals surface area (Å²) in [6.45, 7) is 7.81. The van der Waals surface area contributed by atoms with Crippen molar-refractivity contribution in [3.8, 4) is 0 Å². The van der Waals surface area contributed by atoms with E-state index in [-0.39, 0.29) is 33.5 Å². The highest BCUT2D eigenvalue weighted by Crippen LogP contribution is 2.51. The lowest BCUT2D eigenvalue weighted by atomic mass is 9.65. The van der Waals surface area contributed by atoms with E-state index in [0.29, 0.717) is 5.56 Å². The number of hydrogen-bond donors (Lipinski definition) is 1. The molecule has 1 aliphatic heterocycles. The Bertz CT molecular complexity index is 547. The Morgan fingerprint density at radius 1 is 1.21 bits per heavy atom. The van der Waals surface area contributed by atoms with Crippen molar-refractivity contribution in [2.24, 2.45) is 11.8 Å². The predicted octanol–water partition coefficient (Wildman–Crippen LogP) is 4.63. The Labute approximate surface area is 122 Å². The fraction of sp³-hybridized carbons (Fsp3) is 0.500. The summed E-state index contributed by atoms with van der Waals surface area (Å²) in [7, 11) is 0. The van der Waals surface area contributed by atoms with Crippen molar-refractivity contribution in [2.75, 3.05) is 5.32 Å². The summed E-state index contributed by atoms with van der Waals surface area (Å²) in [5.74, 6) is -0.804. The molecule has 0 spiro atoms. The van der Waals surface area contributed by atoms with E-state index >= 15 is 0 Å². The van der Waals surface area contributed by atoms with Crippen LogP contribution in [0.5, 0.6) is 0 Å². The molecule has 0 aromatic heterocycles. The highest BCUT2D eigenvalue weighted by Gasteiger charge is 2.52. The average Bonchev–Trinajstić information content (AvgIpc) is 2.60. The van der Waals surface area contributed by atoms with E-state index in [1.54, 1.807) is 6.07 Å². The van der Waals surface area contributed by atoms with Crippen molar-refractivity contribution >= 4 is 34.8 Å². The first-order valence-corrected chi connectivity index (χ1v) is 6.99. The molecule has 5 heteroatoms. The Balaban J connectivity index is 2.81. The highest BCUT2D eigenvalue weighted by molar-refractivity contribution is 6.42. The second-order valence-electron chi connectivity index (χ2n) is 5.54. The quantitative estimate of drug-likeness (QED) is 0.793. The van der Waals surface area contributed by atoms with Crippen LogP contribution in [0.3, 0.4) is 0 Å². The van der Waals surface area contributed by atoms with Gasteiger partial charge in [-0.15, -0.1) is 0 Å². The molecule has 1 heterocycles. The molecule has 2 nitrogen and oxygen atoms in total. The van der Waals surface area contributed by atoms with Crippen LogP contribution in [0.4, 0.5) is 10.1 Å². The Hall–Kier alpha value is -0.800. The third kappa shape index (κ3) is 1.78. The minimum Gasteiger partial charge on any atom is -0.322 e. The Morgan fingerprint density at radius 3 is 2.21 bits per heavy atom. The van der Waals surface area contributed by atoms with Gasteiger partial charge in [-0.25, -0.2) is 4.39 Å². The molecular weight excluding hydrogens is 288 g/mol. The van der Waals surface area contributed by atoms with Gasteiger partial charge in [-0.1, -0.05) is 50.9 Å². The van der Waals surface area contributed by atoms with Crippen LogP contribution in [0, 0.1) is 17.7 Å². The van der Waals surface area contributed by atoms with E-state index in [1.807, 2.05) is 27.7 Å². The number of benzene rings is 1. The summed E-state index contributed by atoms with van der Waals surface area (Å²) in [5.41, 5.74) is 0.000849. The molecule has 0 saturated heterocycles.